The third-order valence-corrected chi connectivity index (χ3v) is 6.44. The Balaban J connectivity index is 1.53. The van der Waals surface area contributed by atoms with E-state index < -0.39 is 0 Å². The Kier molecular flexibility index (Phi) is 6.26. The van der Waals surface area contributed by atoms with Crippen molar-refractivity contribution in [2.24, 2.45) is 0 Å². The number of thioether (sulfide) groups is 1. The van der Waals surface area contributed by atoms with Gasteiger partial charge in [-0.2, -0.15) is 0 Å². The summed E-state index contributed by atoms with van der Waals surface area (Å²) in [4.78, 5) is 30.9. The number of nitrogens with zero attached hydrogens (tertiary/aromatic N) is 3. The van der Waals surface area contributed by atoms with Gasteiger partial charge in [-0.15, -0.1) is 0 Å². The molecule has 0 spiro atoms. The fourth-order valence-corrected chi connectivity index (χ4v) is 5.11. The van der Waals surface area contributed by atoms with Crippen LogP contribution in [0.25, 0.3) is 0 Å². The lowest BCUT2D eigenvalue weighted by Crippen LogP contribution is -2.49. The first-order valence-corrected chi connectivity index (χ1v) is 10.4. The lowest BCUT2D eigenvalue weighted by molar-refractivity contribution is -0.135. The minimum Gasteiger partial charge on any atom is -0.497 e. The van der Waals surface area contributed by atoms with Crippen molar-refractivity contribution in [3.05, 3.63) is 24.3 Å². The Labute approximate surface area is 169 Å². The van der Waals surface area contributed by atoms with Gasteiger partial charge >= 0.3 is 0 Å². The molecule has 1 aromatic carbocycles. The van der Waals surface area contributed by atoms with E-state index in [1.165, 1.54) is 11.8 Å². The van der Waals surface area contributed by atoms with Gasteiger partial charge in [0.15, 0.2) is 0 Å². The molecule has 2 heterocycles. The molecule has 0 aromatic heterocycles. The molecule has 2 amide bonds. The summed E-state index contributed by atoms with van der Waals surface area (Å²) < 4.78 is 5.77. The SMILES string of the molecule is COc1ccc(N2CCN(C(=O)CC3SC(=S)N(C(C)C)C3=O)CC2)cc1. The molecule has 1 aromatic rings. The van der Waals surface area contributed by atoms with Crippen LogP contribution in [0.4, 0.5) is 5.69 Å². The van der Waals surface area contributed by atoms with E-state index in [1.807, 2.05) is 43.0 Å². The van der Waals surface area contributed by atoms with Crippen molar-refractivity contribution in [3.63, 3.8) is 0 Å². The third kappa shape index (κ3) is 4.38. The molecule has 8 heteroatoms. The van der Waals surface area contributed by atoms with Crippen LogP contribution in [0, 0.1) is 0 Å². The second kappa shape index (κ2) is 8.48. The Morgan fingerprint density at radius 1 is 1.22 bits per heavy atom. The van der Waals surface area contributed by atoms with Crippen LogP contribution in [0.2, 0.25) is 0 Å². The van der Waals surface area contributed by atoms with Crippen LogP contribution in [-0.4, -0.2) is 70.5 Å². The molecule has 27 heavy (non-hydrogen) atoms. The Morgan fingerprint density at radius 2 is 1.85 bits per heavy atom. The number of hydrogen-bond donors (Lipinski definition) is 0. The molecule has 6 nitrogen and oxygen atoms in total. The highest BCUT2D eigenvalue weighted by Gasteiger charge is 2.40. The van der Waals surface area contributed by atoms with Gasteiger partial charge in [-0.05, 0) is 38.1 Å². The molecule has 0 saturated carbocycles. The quantitative estimate of drug-likeness (QED) is 0.699. The predicted molar refractivity (Wildman–Crippen MR) is 112 cm³/mol. The zero-order chi connectivity index (χ0) is 19.6. The molecule has 1 unspecified atom stereocenters. The van der Waals surface area contributed by atoms with Gasteiger partial charge in [0.05, 0.1) is 12.4 Å². The molecule has 0 bridgehead atoms. The van der Waals surface area contributed by atoms with Crippen LogP contribution in [0.3, 0.4) is 0 Å². The molecule has 2 saturated heterocycles. The third-order valence-electron chi connectivity index (χ3n) is 4.90. The molecule has 1 atom stereocenters. The number of anilines is 1. The standard InChI is InChI=1S/C19H25N3O3S2/c1-13(2)22-18(24)16(27-19(22)26)12-17(23)21-10-8-20(9-11-21)14-4-6-15(25-3)7-5-14/h4-7,13,16H,8-12H2,1-3H3. The summed E-state index contributed by atoms with van der Waals surface area (Å²) in [5.41, 5.74) is 1.13. The average Bonchev–Trinajstić information content (AvgIpc) is 2.95. The number of rotatable bonds is 5. The molecular formula is C19H25N3O3S2. The Morgan fingerprint density at radius 3 is 2.37 bits per heavy atom. The molecule has 0 aliphatic carbocycles. The van der Waals surface area contributed by atoms with Gasteiger partial charge in [-0.1, -0.05) is 24.0 Å². The molecule has 2 aliphatic heterocycles. The van der Waals surface area contributed by atoms with Crippen LogP contribution in [0.5, 0.6) is 5.75 Å². The summed E-state index contributed by atoms with van der Waals surface area (Å²) in [6.07, 6.45) is 0.218. The van der Waals surface area contributed by atoms with Gasteiger partial charge in [0, 0.05) is 44.3 Å². The Hall–Kier alpha value is -1.80. The maximum absolute atomic E-state index is 12.7. The zero-order valence-electron chi connectivity index (χ0n) is 15.9. The molecular weight excluding hydrogens is 382 g/mol. The number of methoxy groups -OCH3 is 1. The molecule has 0 N–H and O–H groups in total. The zero-order valence-corrected chi connectivity index (χ0v) is 17.5. The lowest BCUT2D eigenvalue weighted by atomic mass is 10.2. The van der Waals surface area contributed by atoms with E-state index in [-0.39, 0.29) is 29.5 Å². The summed E-state index contributed by atoms with van der Waals surface area (Å²) in [5, 5.41) is -0.382. The van der Waals surface area contributed by atoms with Crippen molar-refractivity contribution >= 4 is 45.8 Å². The van der Waals surface area contributed by atoms with E-state index in [1.54, 1.807) is 12.0 Å². The van der Waals surface area contributed by atoms with Gasteiger partial charge in [0.1, 0.15) is 10.1 Å². The number of carbonyl (C=O) groups excluding carboxylic acids is 2. The second-order valence-electron chi connectivity index (χ2n) is 6.94. The van der Waals surface area contributed by atoms with Crippen LogP contribution in [0.15, 0.2) is 24.3 Å². The first-order valence-electron chi connectivity index (χ1n) is 9.11. The minimum atomic E-state index is -0.382. The smallest absolute Gasteiger partial charge is 0.242 e. The highest BCUT2D eigenvalue weighted by molar-refractivity contribution is 8.24. The number of benzene rings is 1. The molecule has 0 radical (unpaired) electrons. The number of amides is 2. The molecule has 2 aliphatic rings. The lowest BCUT2D eigenvalue weighted by Gasteiger charge is -2.36. The summed E-state index contributed by atoms with van der Waals surface area (Å²) in [7, 11) is 1.65. The van der Waals surface area contributed by atoms with Crippen molar-refractivity contribution in [3.8, 4) is 5.75 Å². The predicted octanol–water partition coefficient (Wildman–Crippen LogP) is 2.37. The van der Waals surface area contributed by atoms with E-state index in [9.17, 15) is 9.59 Å². The largest absolute Gasteiger partial charge is 0.497 e. The molecule has 146 valence electrons. The van der Waals surface area contributed by atoms with Crippen LogP contribution in [0.1, 0.15) is 20.3 Å². The van der Waals surface area contributed by atoms with Gasteiger partial charge in [0.2, 0.25) is 11.8 Å². The van der Waals surface area contributed by atoms with Gasteiger partial charge < -0.3 is 14.5 Å². The fourth-order valence-electron chi connectivity index (χ4n) is 3.36. The van der Waals surface area contributed by atoms with Gasteiger partial charge in [-0.25, -0.2) is 0 Å². The highest BCUT2D eigenvalue weighted by atomic mass is 32.2. The second-order valence-corrected chi connectivity index (χ2v) is 8.78. The minimum absolute atomic E-state index is 0.0311. The summed E-state index contributed by atoms with van der Waals surface area (Å²) in [5.74, 6) is 0.827. The monoisotopic (exact) mass is 407 g/mol. The maximum atomic E-state index is 12.7. The van der Waals surface area contributed by atoms with Crippen LogP contribution < -0.4 is 9.64 Å². The average molecular weight is 408 g/mol. The van der Waals surface area contributed by atoms with Crippen LogP contribution >= 0.6 is 24.0 Å². The highest BCUT2D eigenvalue weighted by Crippen LogP contribution is 2.31. The summed E-state index contributed by atoms with van der Waals surface area (Å²) >= 11 is 6.64. The maximum Gasteiger partial charge on any atom is 0.242 e. The van der Waals surface area contributed by atoms with Crippen molar-refractivity contribution in [1.82, 2.24) is 9.80 Å². The number of thiocarbonyl (C=S) groups is 1. The fraction of sp³-hybridized carbons (Fsp3) is 0.526. The van der Waals surface area contributed by atoms with Crippen molar-refractivity contribution < 1.29 is 14.3 Å². The van der Waals surface area contributed by atoms with Crippen molar-refractivity contribution in [2.45, 2.75) is 31.6 Å². The molecule has 3 rings (SSSR count). The topological polar surface area (TPSA) is 53.1 Å². The first-order chi connectivity index (χ1) is 12.9. The first kappa shape index (κ1) is 19.9. The van der Waals surface area contributed by atoms with Crippen LogP contribution in [-0.2, 0) is 9.59 Å². The number of carbonyl (C=O) groups is 2. The van der Waals surface area contributed by atoms with Gasteiger partial charge in [0.25, 0.3) is 0 Å². The van der Waals surface area contributed by atoms with E-state index in [2.05, 4.69) is 4.90 Å². The van der Waals surface area contributed by atoms with E-state index in [0.717, 1.165) is 24.5 Å². The number of hydrogen-bond acceptors (Lipinski definition) is 6. The van der Waals surface area contributed by atoms with Crippen molar-refractivity contribution in [1.29, 1.82) is 0 Å². The van der Waals surface area contributed by atoms with E-state index >= 15 is 0 Å². The summed E-state index contributed by atoms with van der Waals surface area (Å²) in [6.45, 7) is 6.75. The van der Waals surface area contributed by atoms with Crippen molar-refractivity contribution in [2.75, 3.05) is 38.2 Å². The Bertz CT molecular complexity index is 715. The van der Waals surface area contributed by atoms with E-state index in [4.69, 9.17) is 17.0 Å². The van der Waals surface area contributed by atoms with Gasteiger partial charge in [-0.3, -0.25) is 14.5 Å². The normalized spacial score (nSPS) is 20.6. The molecule has 2 fully saturated rings. The number of piperazine rings is 1. The number of ether oxygens (including phenoxy) is 1. The van der Waals surface area contributed by atoms with E-state index in [0.29, 0.717) is 17.4 Å². The summed E-state index contributed by atoms with van der Waals surface area (Å²) in [6, 6.07) is 7.99.